The van der Waals surface area contributed by atoms with Crippen LogP contribution >= 0.6 is 11.6 Å². The number of benzene rings is 1. The third kappa shape index (κ3) is 4.45. The summed E-state index contributed by atoms with van der Waals surface area (Å²) in [7, 11) is -1.95. The van der Waals surface area contributed by atoms with Gasteiger partial charge >= 0.3 is 0 Å². The van der Waals surface area contributed by atoms with E-state index in [9.17, 15) is 17.6 Å². The van der Waals surface area contributed by atoms with E-state index >= 15 is 0 Å². The van der Waals surface area contributed by atoms with E-state index in [2.05, 4.69) is 10.4 Å². The van der Waals surface area contributed by atoms with Gasteiger partial charge in [-0.1, -0.05) is 11.6 Å². The zero-order chi connectivity index (χ0) is 20.6. The molecule has 3 N–H and O–H groups in total. The molecule has 152 valence electrons. The van der Waals surface area contributed by atoms with Gasteiger partial charge in [0.15, 0.2) is 0 Å². The van der Waals surface area contributed by atoms with E-state index in [-0.39, 0.29) is 22.3 Å². The minimum Gasteiger partial charge on any atom is -0.383 e. The smallest absolute Gasteiger partial charge is 0.264 e. The van der Waals surface area contributed by atoms with Crippen LogP contribution in [-0.4, -0.2) is 36.5 Å². The van der Waals surface area contributed by atoms with Gasteiger partial charge in [-0.2, -0.15) is 13.5 Å². The highest BCUT2D eigenvalue weighted by Gasteiger charge is 2.34. The maximum atomic E-state index is 13.3. The topological polar surface area (TPSA) is 116 Å². The molecule has 1 aliphatic carbocycles. The predicted octanol–water partition coefficient (Wildman–Crippen LogP) is 2.66. The number of nitrogens with zero attached hydrogens (tertiary/aromatic N) is 2. The summed E-state index contributed by atoms with van der Waals surface area (Å²) in [6, 6.07) is 3.83. The Labute approximate surface area is 166 Å². The molecule has 1 fully saturated rings. The van der Waals surface area contributed by atoms with E-state index < -0.39 is 27.9 Å². The molecular formula is C17H20ClFN4O4S. The number of nitrogens with two attached hydrogens (primary N) is 1. The van der Waals surface area contributed by atoms with Crippen molar-refractivity contribution in [2.75, 3.05) is 17.3 Å². The molecule has 1 saturated carbocycles. The molecule has 0 saturated heterocycles. The van der Waals surface area contributed by atoms with Gasteiger partial charge in [0, 0.05) is 18.7 Å². The second kappa shape index (κ2) is 7.69. The summed E-state index contributed by atoms with van der Waals surface area (Å²) in [6.07, 6.45) is 2.09. The van der Waals surface area contributed by atoms with Crippen LogP contribution in [0.15, 0.2) is 18.2 Å². The first-order valence-corrected chi connectivity index (χ1v) is 10.7. The number of aromatic nitrogens is 2. The third-order valence-electron chi connectivity index (χ3n) is 4.61. The fourth-order valence-corrected chi connectivity index (χ4v) is 4.22. The summed E-state index contributed by atoms with van der Waals surface area (Å²) in [4.78, 5) is 12.8. The molecular weight excluding hydrogens is 411 g/mol. The van der Waals surface area contributed by atoms with Crippen LogP contribution in [-0.2, 0) is 21.3 Å². The molecule has 2 aromatic rings. The fourth-order valence-electron chi connectivity index (χ4n) is 3.37. The molecule has 1 heterocycles. The molecule has 2 atom stereocenters. The molecule has 0 spiro atoms. The Morgan fingerprint density at radius 2 is 2.14 bits per heavy atom. The van der Waals surface area contributed by atoms with Crippen LogP contribution in [0.2, 0.25) is 5.02 Å². The van der Waals surface area contributed by atoms with Gasteiger partial charge in [0.25, 0.3) is 16.0 Å². The Balaban J connectivity index is 1.84. The highest BCUT2D eigenvalue weighted by atomic mass is 35.5. The first kappa shape index (κ1) is 20.6. The molecule has 8 nitrogen and oxygen atoms in total. The van der Waals surface area contributed by atoms with Crippen LogP contribution in [0.5, 0.6) is 0 Å². The fraction of sp³-hybridized carbons (Fsp3) is 0.412. The Morgan fingerprint density at radius 3 is 2.79 bits per heavy atom. The highest BCUT2D eigenvalue weighted by Crippen LogP contribution is 2.39. The van der Waals surface area contributed by atoms with Crippen molar-refractivity contribution >= 4 is 39.1 Å². The number of aryl methyl sites for hydroxylation is 1. The Bertz CT molecular complexity index is 1020. The molecule has 0 aliphatic heterocycles. The van der Waals surface area contributed by atoms with Crippen LogP contribution in [0.3, 0.4) is 0 Å². The molecule has 2 unspecified atom stereocenters. The standard InChI is InChI=1S/C17H20ClFN4O4S/c1-23-16(20)14(17(24)21-10-4-6-13(19)12(18)8-10)15(22-23)9-3-5-11(7-9)27-28(2,25)26/h4,6,8-9,11H,3,5,7,20H2,1-2H3,(H,21,24). The summed E-state index contributed by atoms with van der Waals surface area (Å²) >= 11 is 5.75. The van der Waals surface area contributed by atoms with E-state index in [1.165, 1.54) is 16.8 Å². The molecule has 3 rings (SSSR count). The van der Waals surface area contributed by atoms with Crippen molar-refractivity contribution in [1.82, 2.24) is 9.78 Å². The highest BCUT2D eigenvalue weighted by molar-refractivity contribution is 7.86. The first-order valence-electron chi connectivity index (χ1n) is 8.52. The molecule has 1 aromatic heterocycles. The van der Waals surface area contributed by atoms with Gasteiger partial charge in [0.05, 0.1) is 23.1 Å². The summed E-state index contributed by atoms with van der Waals surface area (Å²) < 4.78 is 42.5. The molecule has 11 heteroatoms. The maximum absolute atomic E-state index is 13.3. The number of carbonyl (C=O) groups is 1. The van der Waals surface area contributed by atoms with Crippen LogP contribution in [0.4, 0.5) is 15.9 Å². The lowest BCUT2D eigenvalue weighted by molar-refractivity contribution is 0.102. The average molecular weight is 431 g/mol. The van der Waals surface area contributed by atoms with Gasteiger partial charge in [-0.05, 0) is 37.5 Å². The van der Waals surface area contributed by atoms with Gasteiger partial charge in [0.2, 0.25) is 0 Å². The Morgan fingerprint density at radius 1 is 1.43 bits per heavy atom. The number of hydrogen-bond acceptors (Lipinski definition) is 6. The molecule has 0 bridgehead atoms. The zero-order valence-corrected chi connectivity index (χ0v) is 16.8. The third-order valence-corrected chi connectivity index (χ3v) is 5.52. The molecule has 1 amide bonds. The Hall–Kier alpha value is -2.17. The van der Waals surface area contributed by atoms with E-state index in [1.54, 1.807) is 7.05 Å². The number of amides is 1. The second-order valence-corrected chi connectivity index (χ2v) is 8.79. The lowest BCUT2D eigenvalue weighted by Gasteiger charge is -2.12. The molecule has 1 aromatic carbocycles. The summed E-state index contributed by atoms with van der Waals surface area (Å²) in [5, 5.41) is 6.88. The lowest BCUT2D eigenvalue weighted by Crippen LogP contribution is -2.17. The minimum absolute atomic E-state index is 0.117. The van der Waals surface area contributed by atoms with E-state index in [0.717, 1.165) is 12.3 Å². The van der Waals surface area contributed by atoms with Crippen LogP contribution < -0.4 is 11.1 Å². The predicted molar refractivity (Wildman–Crippen MR) is 103 cm³/mol. The van der Waals surface area contributed by atoms with Crippen molar-refractivity contribution in [3.63, 3.8) is 0 Å². The number of carbonyl (C=O) groups excluding carboxylic acids is 1. The van der Waals surface area contributed by atoms with Gasteiger partial charge in [0.1, 0.15) is 17.2 Å². The van der Waals surface area contributed by atoms with Crippen molar-refractivity contribution in [3.8, 4) is 0 Å². The van der Waals surface area contributed by atoms with Gasteiger partial charge < -0.3 is 11.1 Å². The number of rotatable bonds is 5. The second-order valence-electron chi connectivity index (χ2n) is 6.78. The quantitative estimate of drug-likeness (QED) is 0.704. The van der Waals surface area contributed by atoms with E-state index in [0.29, 0.717) is 30.6 Å². The number of anilines is 2. The maximum Gasteiger partial charge on any atom is 0.264 e. The number of hydrogen-bond donors (Lipinski definition) is 2. The van der Waals surface area contributed by atoms with E-state index in [1.807, 2.05) is 0 Å². The van der Waals surface area contributed by atoms with Crippen molar-refractivity contribution in [1.29, 1.82) is 0 Å². The Kier molecular flexibility index (Phi) is 5.64. The number of nitrogen functional groups attached to an aromatic ring is 1. The van der Waals surface area contributed by atoms with Crippen molar-refractivity contribution in [3.05, 3.63) is 40.3 Å². The summed E-state index contributed by atoms with van der Waals surface area (Å²) in [5.41, 5.74) is 7.04. The largest absolute Gasteiger partial charge is 0.383 e. The normalized spacial score (nSPS) is 19.7. The van der Waals surface area contributed by atoms with E-state index in [4.69, 9.17) is 21.5 Å². The zero-order valence-electron chi connectivity index (χ0n) is 15.3. The van der Waals surface area contributed by atoms with Crippen molar-refractivity contribution in [2.24, 2.45) is 7.05 Å². The lowest BCUT2D eigenvalue weighted by atomic mass is 9.99. The molecule has 1 aliphatic rings. The molecule has 0 radical (unpaired) electrons. The average Bonchev–Trinajstić information content (AvgIpc) is 3.14. The van der Waals surface area contributed by atoms with Gasteiger partial charge in [-0.15, -0.1) is 0 Å². The van der Waals surface area contributed by atoms with Crippen molar-refractivity contribution in [2.45, 2.75) is 31.3 Å². The summed E-state index contributed by atoms with van der Waals surface area (Å²) in [5.74, 6) is -1.10. The molecule has 28 heavy (non-hydrogen) atoms. The van der Waals surface area contributed by atoms with Crippen LogP contribution in [0, 0.1) is 5.82 Å². The minimum atomic E-state index is -3.56. The van der Waals surface area contributed by atoms with Crippen LogP contribution in [0.1, 0.15) is 41.2 Å². The number of halogens is 2. The SMILES string of the molecule is Cn1nc(C2CCC(OS(C)(=O)=O)C2)c(C(=O)Nc2ccc(F)c(Cl)c2)c1N. The first-order chi connectivity index (χ1) is 13.0. The van der Waals surface area contributed by atoms with Gasteiger partial charge in [-0.3, -0.25) is 13.7 Å². The number of nitrogens with one attached hydrogen (secondary N) is 1. The van der Waals surface area contributed by atoms with Crippen molar-refractivity contribution < 1.29 is 21.8 Å². The van der Waals surface area contributed by atoms with Gasteiger partial charge in [-0.25, -0.2) is 4.39 Å². The monoisotopic (exact) mass is 430 g/mol. The summed E-state index contributed by atoms with van der Waals surface area (Å²) in [6.45, 7) is 0. The van der Waals surface area contributed by atoms with Crippen LogP contribution in [0.25, 0.3) is 0 Å².